The van der Waals surface area contributed by atoms with Crippen LogP contribution in [0.3, 0.4) is 0 Å². The number of benzene rings is 4. The molecule has 0 spiro atoms. The van der Waals surface area contributed by atoms with Gasteiger partial charge < -0.3 is 89.0 Å². The van der Waals surface area contributed by atoms with E-state index in [0.29, 0.717) is 65.2 Å². The Kier molecular flexibility index (Phi) is 37.6. The number of carbonyl (C=O) groups is 14. The van der Waals surface area contributed by atoms with Crippen LogP contribution in [0.4, 0.5) is 23.7 Å². The van der Waals surface area contributed by atoms with Crippen molar-refractivity contribution >= 4 is 111 Å². The number of hydrogen-bond acceptors (Lipinski definition) is 18. The van der Waals surface area contributed by atoms with Crippen molar-refractivity contribution in [3.8, 4) is 0 Å². The van der Waals surface area contributed by atoms with E-state index in [1.807, 2.05) is 56.3 Å². The molecule has 5 aromatic rings. The third kappa shape index (κ3) is 32.2. The Morgan fingerprint density at radius 1 is 0.584 bits per heavy atom. The van der Waals surface area contributed by atoms with Gasteiger partial charge in [0.25, 0.3) is 0 Å². The van der Waals surface area contributed by atoms with Crippen LogP contribution in [0.1, 0.15) is 116 Å². The highest BCUT2D eigenvalue weighted by Crippen LogP contribution is 2.23. The average Bonchev–Trinajstić information content (AvgIpc) is 1.74. The van der Waals surface area contributed by atoms with Crippen LogP contribution >= 0.6 is 11.6 Å². The first-order chi connectivity index (χ1) is 53.4. The fraction of sp³-hybridized carbons (Fsp3) is 0.468. The molecule has 1 aliphatic heterocycles. The molecule has 1 saturated heterocycles. The number of hydrogen-bond donors (Lipinski definition) is 15. The molecule has 0 radical (unpaired) electrons. The molecule has 17 N–H and O–H groups in total. The van der Waals surface area contributed by atoms with Gasteiger partial charge in [-0.3, -0.25) is 63.5 Å². The van der Waals surface area contributed by atoms with Gasteiger partial charge in [0.05, 0.1) is 6.61 Å². The molecule has 1 aromatic heterocycles. The number of carboxylic acids is 1. The number of alkyl halides is 3. The third-order valence-electron chi connectivity index (χ3n) is 17.7. The van der Waals surface area contributed by atoms with Gasteiger partial charge >= 0.3 is 18.1 Å². The maximum Gasteiger partial charge on any atom is 0.430 e. The summed E-state index contributed by atoms with van der Waals surface area (Å²) in [4.78, 5) is 196. The van der Waals surface area contributed by atoms with Crippen LogP contribution in [0.2, 0.25) is 5.02 Å². The number of nitrogens with zero attached hydrogens (tertiary/aromatic N) is 2. The second-order valence-electron chi connectivity index (χ2n) is 27.9. The number of quaternary nitrogens is 1. The highest BCUT2D eigenvalue weighted by Gasteiger charge is 2.41. The van der Waals surface area contributed by atoms with Gasteiger partial charge in [0, 0.05) is 88.3 Å². The Bertz CT molecular complexity index is 4090. The van der Waals surface area contributed by atoms with Crippen LogP contribution < -0.4 is 80.0 Å². The largest absolute Gasteiger partial charge is 0.542 e. The quantitative estimate of drug-likeness (QED) is 0.0231. The van der Waals surface area contributed by atoms with Gasteiger partial charge in [-0.1, -0.05) is 112 Å². The summed E-state index contributed by atoms with van der Waals surface area (Å²) in [7, 11) is 0. The molecule has 6 rings (SSSR count). The van der Waals surface area contributed by atoms with E-state index in [-0.39, 0.29) is 69.5 Å². The number of carbonyl (C=O) groups excluding carboxylic acids is 14. The van der Waals surface area contributed by atoms with Crippen LogP contribution in [0, 0.1) is 5.92 Å². The van der Waals surface area contributed by atoms with Crippen molar-refractivity contribution in [2.24, 2.45) is 5.92 Å². The lowest BCUT2D eigenvalue weighted by atomic mass is 9.99. The number of fused-ring (bicyclic) bond motifs is 1. The first kappa shape index (κ1) is 92.4. The molecule has 0 aliphatic carbocycles. The number of unbranched alkanes of at least 4 members (excludes halogenated alkanes) is 1. The van der Waals surface area contributed by atoms with Gasteiger partial charge in [0.15, 0.2) is 0 Å². The highest BCUT2D eigenvalue weighted by molar-refractivity contribution is 6.30. The summed E-state index contributed by atoms with van der Waals surface area (Å²) in [6, 6.07) is 14.7. The number of aromatic nitrogens is 1. The SMILES string of the molecule is CCNC(=O)NC[C@H](NC(=O)[C@H](CO)NC(=O)[C@@H](Cc1cccnc1)NC(=O)[C@@H](Cc1ccc(Cl)cc1)NC(=O)[C@@H](Cc1ccc2ccccc2c1)NC(C)=O)C(=O)N[C@H](Cc1ccc(NC(C)=O)cc1)C(=O)N[C@@H](CC(C)C)C(=O)N[C@@H](CCCCNC(C)C)C(=O)N1CCC[C@H]1C(=O)N[C@H](C)C([NH3+])=O.O=C([O-])C(F)(F)F. The smallest absolute Gasteiger partial charge is 0.430 e. The van der Waals surface area contributed by atoms with E-state index in [9.17, 15) is 75.8 Å². The fourth-order valence-electron chi connectivity index (χ4n) is 11.9. The summed E-state index contributed by atoms with van der Waals surface area (Å²) in [5, 5.41) is 57.0. The Morgan fingerprint density at radius 3 is 1.60 bits per heavy atom. The predicted octanol–water partition coefficient (Wildman–Crippen LogP) is 0.104. The molecule has 1 fully saturated rings. The minimum atomic E-state index is -5.19. The summed E-state index contributed by atoms with van der Waals surface area (Å²) in [6.07, 6.45) is -0.972. The number of amides is 14. The van der Waals surface area contributed by atoms with Crippen LogP contribution in [0.5, 0.6) is 0 Å². The lowest BCUT2D eigenvalue weighted by Crippen LogP contribution is -2.66. The Labute approximate surface area is 657 Å². The standard InChI is InChI=1S/C75H101ClN16O14.C2HF3O2/c1-9-79-75(106)81-41-62(71(102)89-60(37-49-24-29-55(30-25-49)83-46(7)94)68(99)86-57(34-43(2)3)66(97)85-56(19-12-13-32-80-44(4)5)74(105)92-33-15-20-64(92)73(104)82-45(6)65(77)96)90-72(103)63(42-93)91-70(101)61(39-51-16-14-31-78-40-51)88-69(100)59(36-48-22-27-54(76)28-23-48)87-67(98)58(84-47(8)95)38-50-21-26-52-17-10-11-18-53(52)35-50;3-2(4,5)1(6)7/h10-11,14,16-18,21-31,35,40,43-45,56-64,80,93H,9,12-13,15,19-20,32-34,36-39,41-42H2,1-8H3,(H2,77,96)(H,82,104)(H,83,94)(H,84,95)(H,85,97)(H,86,99)(H,87,98)(H,88,100)(H,89,102)(H,90,103)(H,91,101)(H2,79,81,106);(H,6,7)/t45-,56+,57+,58-,59-,60-,61-,62+,63+,64+;/m1./s1. The molecule has 0 unspecified atom stereocenters. The summed E-state index contributed by atoms with van der Waals surface area (Å²) < 4.78 is 31.5. The minimum absolute atomic E-state index is 0.0129. The topological polar surface area (TPSA) is 482 Å². The summed E-state index contributed by atoms with van der Waals surface area (Å²) in [5.41, 5.74) is 5.88. The van der Waals surface area contributed by atoms with Crippen LogP contribution in [0.15, 0.2) is 116 Å². The number of urea groups is 1. The van der Waals surface area contributed by atoms with E-state index < -0.39 is 157 Å². The van der Waals surface area contributed by atoms with Crippen LogP contribution in [-0.2, 0) is 88.0 Å². The molecule has 36 heteroatoms. The van der Waals surface area contributed by atoms with Gasteiger partial charge in [0.1, 0.15) is 66.4 Å². The normalized spacial score (nSPS) is 14.9. The van der Waals surface area contributed by atoms with Gasteiger partial charge in [-0.15, -0.1) is 0 Å². The number of anilines is 1. The zero-order valence-corrected chi connectivity index (χ0v) is 64.9. The second kappa shape index (κ2) is 46.0. The number of nitrogens with one attached hydrogen (secondary N) is 13. The van der Waals surface area contributed by atoms with Gasteiger partial charge in [-0.2, -0.15) is 13.2 Å². The molecule has 4 aromatic carbocycles. The van der Waals surface area contributed by atoms with Crippen molar-refractivity contribution in [1.82, 2.24) is 73.7 Å². The highest BCUT2D eigenvalue weighted by atomic mass is 35.5. The molecular weight excluding hydrogens is 1500 g/mol. The van der Waals surface area contributed by atoms with E-state index in [4.69, 9.17) is 21.5 Å². The molecule has 1 aliphatic rings. The molecule has 2 heterocycles. The van der Waals surface area contributed by atoms with Crippen molar-refractivity contribution in [1.29, 1.82) is 0 Å². The van der Waals surface area contributed by atoms with E-state index in [0.717, 1.165) is 10.8 Å². The average molecular weight is 1600 g/mol. The number of aliphatic hydroxyl groups is 1. The zero-order valence-electron chi connectivity index (χ0n) is 64.2. The Hall–Kier alpha value is -11.2. The van der Waals surface area contributed by atoms with Gasteiger partial charge in [0.2, 0.25) is 65.0 Å². The number of aliphatic carboxylic acids is 1. The third-order valence-corrected chi connectivity index (χ3v) is 17.9. The first-order valence-electron chi connectivity index (χ1n) is 36.9. The summed E-state index contributed by atoms with van der Waals surface area (Å²) >= 11 is 6.24. The van der Waals surface area contributed by atoms with Crippen molar-refractivity contribution in [2.45, 2.75) is 192 Å². The second-order valence-corrected chi connectivity index (χ2v) is 28.3. The molecule has 32 nitrogen and oxygen atoms in total. The fourth-order valence-corrected chi connectivity index (χ4v) is 12.0. The Morgan fingerprint density at radius 2 is 1.08 bits per heavy atom. The number of pyridine rings is 1. The number of likely N-dealkylation sites (tertiary alicyclic amines) is 1. The number of rotatable bonds is 40. The van der Waals surface area contributed by atoms with E-state index in [1.165, 1.54) is 38.1 Å². The number of halogens is 4. The van der Waals surface area contributed by atoms with E-state index >= 15 is 4.79 Å². The summed E-state index contributed by atoms with van der Waals surface area (Å²) in [6.45, 7) is 12.4. The zero-order chi connectivity index (χ0) is 83.6. The van der Waals surface area contributed by atoms with Gasteiger partial charge in [-0.25, -0.2) is 9.59 Å². The molecule has 10 atom stereocenters. The molecular formula is C77H102ClF3N16O16. The van der Waals surface area contributed by atoms with Crippen molar-refractivity contribution in [3.05, 3.63) is 143 Å². The number of aliphatic hydroxyl groups excluding tert-OH is 1. The lowest BCUT2D eigenvalue weighted by molar-refractivity contribution is -0.344. The van der Waals surface area contributed by atoms with Crippen LogP contribution in [-0.4, -0.2) is 203 Å². The van der Waals surface area contributed by atoms with E-state index in [2.05, 4.69) is 79.8 Å². The lowest BCUT2D eigenvalue weighted by Gasteiger charge is -2.31. The molecule has 14 amide bonds. The van der Waals surface area contributed by atoms with Crippen molar-refractivity contribution in [2.75, 3.05) is 38.1 Å². The summed E-state index contributed by atoms with van der Waals surface area (Å²) in [5.74, 6) is -12.4. The maximum atomic E-state index is 15.0. The molecule has 0 saturated carbocycles. The maximum absolute atomic E-state index is 15.0. The minimum Gasteiger partial charge on any atom is -0.542 e. The number of carboxylic acid groups (broad SMARTS) is 1. The van der Waals surface area contributed by atoms with Crippen LogP contribution in [0.25, 0.3) is 10.8 Å². The molecule has 0 bridgehead atoms. The van der Waals surface area contributed by atoms with Gasteiger partial charge in [-0.05, 0) is 128 Å². The molecule has 614 valence electrons. The monoisotopic (exact) mass is 1600 g/mol. The predicted molar refractivity (Wildman–Crippen MR) is 408 cm³/mol. The first-order valence-corrected chi connectivity index (χ1v) is 37.3. The Balaban J connectivity index is 0.00000310. The van der Waals surface area contributed by atoms with E-state index in [1.54, 1.807) is 81.4 Å². The van der Waals surface area contributed by atoms with Crippen molar-refractivity contribution in [3.63, 3.8) is 0 Å². The van der Waals surface area contributed by atoms with Crippen molar-refractivity contribution < 1.29 is 96.2 Å². The molecule has 113 heavy (non-hydrogen) atoms.